The summed E-state index contributed by atoms with van der Waals surface area (Å²) in [4.78, 5) is 24.5. The zero-order valence-corrected chi connectivity index (χ0v) is 14.0. The third-order valence-electron chi connectivity index (χ3n) is 3.53. The molecule has 0 heterocycles. The molecule has 0 bridgehead atoms. The molecule has 0 fully saturated rings. The van der Waals surface area contributed by atoms with Gasteiger partial charge in [-0.15, -0.1) is 0 Å². The van der Waals surface area contributed by atoms with Crippen molar-refractivity contribution in [2.75, 3.05) is 19.0 Å². The average molecular weight is 326 g/mol. The lowest BCUT2D eigenvalue weighted by Gasteiger charge is -2.13. The van der Waals surface area contributed by atoms with Crippen molar-refractivity contribution in [3.05, 3.63) is 59.7 Å². The van der Waals surface area contributed by atoms with E-state index in [0.29, 0.717) is 29.2 Å². The van der Waals surface area contributed by atoms with Crippen molar-refractivity contribution < 1.29 is 14.3 Å². The molecule has 5 heteroatoms. The first-order valence-corrected chi connectivity index (χ1v) is 8.01. The van der Waals surface area contributed by atoms with E-state index in [4.69, 9.17) is 4.74 Å². The van der Waals surface area contributed by atoms with Gasteiger partial charge in [-0.2, -0.15) is 0 Å². The molecule has 126 valence electrons. The smallest absolute Gasteiger partial charge is 0.259 e. The third kappa shape index (κ3) is 4.35. The second-order valence-electron chi connectivity index (χ2n) is 5.28. The highest BCUT2D eigenvalue weighted by Crippen LogP contribution is 2.21. The molecule has 2 aromatic carbocycles. The third-order valence-corrected chi connectivity index (χ3v) is 3.53. The van der Waals surface area contributed by atoms with Crippen LogP contribution in [0.5, 0.6) is 5.75 Å². The molecule has 0 saturated heterocycles. The summed E-state index contributed by atoms with van der Waals surface area (Å²) in [7, 11) is 1.55. The van der Waals surface area contributed by atoms with E-state index < -0.39 is 0 Å². The molecule has 0 spiro atoms. The van der Waals surface area contributed by atoms with Crippen molar-refractivity contribution in [1.82, 2.24) is 5.32 Å². The fourth-order valence-electron chi connectivity index (χ4n) is 2.22. The highest BCUT2D eigenvalue weighted by atomic mass is 16.5. The van der Waals surface area contributed by atoms with Crippen LogP contribution in [0.1, 0.15) is 40.5 Å². The number of rotatable bonds is 7. The molecule has 2 aromatic rings. The Morgan fingerprint density at radius 1 is 0.958 bits per heavy atom. The lowest BCUT2D eigenvalue weighted by atomic mass is 10.1. The second-order valence-corrected chi connectivity index (χ2v) is 5.28. The van der Waals surface area contributed by atoms with E-state index >= 15 is 0 Å². The average Bonchev–Trinajstić information content (AvgIpc) is 2.62. The van der Waals surface area contributed by atoms with Crippen LogP contribution in [-0.2, 0) is 0 Å². The number of hydrogen-bond donors (Lipinski definition) is 2. The van der Waals surface area contributed by atoms with Crippen LogP contribution in [0.25, 0.3) is 0 Å². The first kappa shape index (κ1) is 17.5. The summed E-state index contributed by atoms with van der Waals surface area (Å²) >= 11 is 0. The summed E-state index contributed by atoms with van der Waals surface area (Å²) in [5.74, 6) is -0.0160. The standard InChI is InChI=1S/C19H22N2O3/c1-3-4-13-24-17-12-8-6-10-15(17)19(23)21-16-11-7-5-9-14(16)18(22)20-2/h5-12H,3-4,13H2,1-2H3,(H,20,22)(H,21,23). The van der Waals surface area contributed by atoms with Crippen LogP contribution >= 0.6 is 0 Å². The number of hydrogen-bond acceptors (Lipinski definition) is 3. The summed E-state index contributed by atoms with van der Waals surface area (Å²) in [6, 6.07) is 14.0. The monoisotopic (exact) mass is 326 g/mol. The fourth-order valence-corrected chi connectivity index (χ4v) is 2.22. The van der Waals surface area contributed by atoms with Crippen molar-refractivity contribution >= 4 is 17.5 Å². The van der Waals surface area contributed by atoms with Gasteiger partial charge < -0.3 is 15.4 Å². The Morgan fingerprint density at radius 3 is 2.33 bits per heavy atom. The maximum absolute atomic E-state index is 12.6. The maximum Gasteiger partial charge on any atom is 0.259 e. The van der Waals surface area contributed by atoms with Gasteiger partial charge in [0.15, 0.2) is 0 Å². The molecule has 0 aliphatic carbocycles. The molecule has 0 saturated carbocycles. The number of carbonyl (C=O) groups excluding carboxylic acids is 2. The van der Waals surface area contributed by atoms with E-state index in [9.17, 15) is 9.59 Å². The van der Waals surface area contributed by atoms with Crippen molar-refractivity contribution in [1.29, 1.82) is 0 Å². The van der Waals surface area contributed by atoms with Crippen LogP contribution in [0.3, 0.4) is 0 Å². The summed E-state index contributed by atoms with van der Waals surface area (Å²) in [5.41, 5.74) is 1.32. The number of amides is 2. The van der Waals surface area contributed by atoms with E-state index in [-0.39, 0.29) is 11.8 Å². The zero-order chi connectivity index (χ0) is 17.4. The van der Waals surface area contributed by atoms with Crippen molar-refractivity contribution in [3.8, 4) is 5.75 Å². The highest BCUT2D eigenvalue weighted by Gasteiger charge is 2.16. The summed E-state index contributed by atoms with van der Waals surface area (Å²) in [6.07, 6.45) is 1.95. The molecule has 5 nitrogen and oxygen atoms in total. The SMILES string of the molecule is CCCCOc1ccccc1C(=O)Nc1ccccc1C(=O)NC. The van der Waals surface area contributed by atoms with Crippen LogP contribution in [0.4, 0.5) is 5.69 Å². The zero-order valence-electron chi connectivity index (χ0n) is 14.0. The predicted octanol–water partition coefficient (Wildman–Crippen LogP) is 3.48. The molecule has 0 unspecified atom stereocenters. The van der Waals surface area contributed by atoms with Gasteiger partial charge in [-0.25, -0.2) is 0 Å². The summed E-state index contributed by atoms with van der Waals surface area (Å²) in [5, 5.41) is 5.36. The molecule has 0 aromatic heterocycles. The predicted molar refractivity (Wildman–Crippen MR) is 94.6 cm³/mol. The van der Waals surface area contributed by atoms with E-state index in [2.05, 4.69) is 17.6 Å². The molecule has 2 N–H and O–H groups in total. The van der Waals surface area contributed by atoms with Crippen LogP contribution < -0.4 is 15.4 Å². The maximum atomic E-state index is 12.6. The Bertz CT molecular complexity index is 713. The second kappa shape index (κ2) is 8.72. The van der Waals surface area contributed by atoms with Crippen molar-refractivity contribution in [3.63, 3.8) is 0 Å². The Hall–Kier alpha value is -2.82. The van der Waals surface area contributed by atoms with Crippen LogP contribution in [-0.4, -0.2) is 25.5 Å². The van der Waals surface area contributed by atoms with Gasteiger partial charge in [0.1, 0.15) is 5.75 Å². The normalized spacial score (nSPS) is 10.1. The number of para-hydroxylation sites is 2. The Kier molecular flexibility index (Phi) is 6.37. The van der Waals surface area contributed by atoms with Crippen LogP contribution in [0.2, 0.25) is 0 Å². The number of benzene rings is 2. The van der Waals surface area contributed by atoms with Gasteiger partial charge in [-0.1, -0.05) is 37.6 Å². The minimum Gasteiger partial charge on any atom is -0.493 e. The fraction of sp³-hybridized carbons (Fsp3) is 0.263. The van der Waals surface area contributed by atoms with Crippen LogP contribution in [0.15, 0.2) is 48.5 Å². The molecular formula is C19H22N2O3. The minimum absolute atomic E-state index is 0.251. The van der Waals surface area contributed by atoms with Gasteiger partial charge in [0.25, 0.3) is 11.8 Å². The minimum atomic E-state index is -0.307. The number of carbonyl (C=O) groups is 2. The Labute approximate surface area is 142 Å². The van der Waals surface area contributed by atoms with Gasteiger partial charge in [0, 0.05) is 7.05 Å². The topological polar surface area (TPSA) is 67.4 Å². The van der Waals surface area contributed by atoms with Crippen LogP contribution in [0, 0.1) is 0 Å². The lowest BCUT2D eigenvalue weighted by Crippen LogP contribution is -2.21. The highest BCUT2D eigenvalue weighted by molar-refractivity contribution is 6.10. The van der Waals surface area contributed by atoms with Gasteiger partial charge in [0.2, 0.25) is 0 Å². The molecule has 2 rings (SSSR count). The molecule has 2 amide bonds. The number of unbranched alkanes of at least 4 members (excludes halogenated alkanes) is 1. The Morgan fingerprint density at radius 2 is 1.62 bits per heavy atom. The van der Waals surface area contributed by atoms with E-state index in [1.807, 2.05) is 6.07 Å². The summed E-state index contributed by atoms with van der Waals surface area (Å²) < 4.78 is 5.70. The molecule has 24 heavy (non-hydrogen) atoms. The van der Waals surface area contributed by atoms with Crippen molar-refractivity contribution in [2.45, 2.75) is 19.8 Å². The van der Waals surface area contributed by atoms with E-state index in [1.54, 1.807) is 49.5 Å². The molecule has 0 aliphatic rings. The van der Waals surface area contributed by atoms with Gasteiger partial charge >= 0.3 is 0 Å². The van der Waals surface area contributed by atoms with E-state index in [0.717, 1.165) is 12.8 Å². The summed E-state index contributed by atoms with van der Waals surface area (Å²) in [6.45, 7) is 2.65. The van der Waals surface area contributed by atoms with Gasteiger partial charge in [-0.05, 0) is 30.7 Å². The van der Waals surface area contributed by atoms with Gasteiger partial charge in [-0.3, -0.25) is 9.59 Å². The van der Waals surface area contributed by atoms with E-state index in [1.165, 1.54) is 0 Å². The van der Waals surface area contributed by atoms with Gasteiger partial charge in [0.05, 0.1) is 23.4 Å². The quantitative estimate of drug-likeness (QED) is 0.766. The Balaban J connectivity index is 2.20. The first-order valence-electron chi connectivity index (χ1n) is 8.01. The molecule has 0 atom stereocenters. The lowest BCUT2D eigenvalue weighted by molar-refractivity contribution is 0.0964. The first-order chi connectivity index (χ1) is 11.7. The largest absolute Gasteiger partial charge is 0.493 e. The number of anilines is 1. The number of ether oxygens (including phenoxy) is 1. The van der Waals surface area contributed by atoms with Crippen molar-refractivity contribution in [2.24, 2.45) is 0 Å². The molecule has 0 aliphatic heterocycles. The molecule has 0 radical (unpaired) electrons. The number of nitrogens with one attached hydrogen (secondary N) is 2. The molecular weight excluding hydrogens is 304 g/mol.